The second-order valence-electron chi connectivity index (χ2n) is 7.27. The number of aliphatic hydroxyl groups is 2. The van der Waals surface area contributed by atoms with E-state index in [0.29, 0.717) is 5.32 Å². The van der Waals surface area contributed by atoms with Crippen LogP contribution in [0.2, 0.25) is 10.0 Å². The topological polar surface area (TPSA) is 105 Å². The van der Waals surface area contributed by atoms with E-state index in [1.807, 2.05) is 0 Å². The SMILES string of the molecule is CCOC(=O)[C@@H]1C(c2c(Cl)cccc2Cl)[C@H](C(=O)OCC)[C@](O)(C(F)(F)F)N[C@]1(O)C(F)(F)F. The Bertz CT molecular complexity index is 877. The van der Waals surface area contributed by atoms with Gasteiger partial charge in [-0.3, -0.25) is 9.59 Å². The van der Waals surface area contributed by atoms with E-state index in [4.69, 9.17) is 23.2 Å². The van der Waals surface area contributed by atoms with Crippen LogP contribution in [0.3, 0.4) is 0 Å². The molecular formula is C19H19Cl2F6NO6. The smallest absolute Gasteiger partial charge is 0.432 e. The summed E-state index contributed by atoms with van der Waals surface area (Å²) in [5.74, 6) is -12.3. The van der Waals surface area contributed by atoms with Crippen LogP contribution in [-0.2, 0) is 19.1 Å². The second-order valence-corrected chi connectivity index (χ2v) is 8.09. The van der Waals surface area contributed by atoms with E-state index >= 15 is 0 Å². The second kappa shape index (κ2) is 9.69. The van der Waals surface area contributed by atoms with E-state index in [0.717, 1.165) is 12.1 Å². The molecule has 0 saturated carbocycles. The average Bonchev–Trinajstić information content (AvgIpc) is 2.66. The number of hydrogen-bond donors (Lipinski definition) is 3. The van der Waals surface area contributed by atoms with Crippen molar-refractivity contribution in [1.29, 1.82) is 0 Å². The third kappa shape index (κ3) is 4.68. The quantitative estimate of drug-likeness (QED) is 0.387. The molecule has 1 aromatic carbocycles. The van der Waals surface area contributed by atoms with Crippen LogP contribution in [0.4, 0.5) is 26.3 Å². The van der Waals surface area contributed by atoms with E-state index < -0.39 is 82.3 Å². The molecule has 1 aliphatic heterocycles. The highest BCUT2D eigenvalue weighted by Crippen LogP contribution is 2.57. The van der Waals surface area contributed by atoms with Crippen molar-refractivity contribution in [3.8, 4) is 0 Å². The average molecular weight is 542 g/mol. The largest absolute Gasteiger partial charge is 0.466 e. The van der Waals surface area contributed by atoms with Crippen LogP contribution in [0.5, 0.6) is 0 Å². The van der Waals surface area contributed by atoms with Crippen molar-refractivity contribution in [1.82, 2.24) is 5.32 Å². The number of nitrogens with one attached hydrogen (secondary N) is 1. The van der Waals surface area contributed by atoms with Gasteiger partial charge in [-0.1, -0.05) is 29.3 Å². The molecule has 34 heavy (non-hydrogen) atoms. The van der Waals surface area contributed by atoms with Crippen molar-refractivity contribution in [3.05, 3.63) is 33.8 Å². The third-order valence-electron chi connectivity index (χ3n) is 5.28. The van der Waals surface area contributed by atoms with Crippen LogP contribution in [0.15, 0.2) is 18.2 Å². The van der Waals surface area contributed by atoms with Crippen molar-refractivity contribution >= 4 is 35.1 Å². The maximum absolute atomic E-state index is 14.1. The van der Waals surface area contributed by atoms with Gasteiger partial charge in [0, 0.05) is 16.0 Å². The van der Waals surface area contributed by atoms with Crippen LogP contribution >= 0.6 is 23.2 Å². The number of piperidine rings is 1. The zero-order valence-corrected chi connectivity index (χ0v) is 18.9. The summed E-state index contributed by atoms with van der Waals surface area (Å²) in [6, 6.07) is 3.24. The fourth-order valence-electron chi connectivity index (χ4n) is 3.91. The lowest BCUT2D eigenvalue weighted by Crippen LogP contribution is -2.81. The lowest BCUT2D eigenvalue weighted by molar-refractivity contribution is -0.376. The van der Waals surface area contributed by atoms with Crippen LogP contribution in [-0.4, -0.2) is 59.2 Å². The first-order valence-electron chi connectivity index (χ1n) is 9.62. The summed E-state index contributed by atoms with van der Waals surface area (Å²) < 4.78 is 93.8. The zero-order valence-electron chi connectivity index (χ0n) is 17.4. The molecule has 0 bridgehead atoms. The van der Waals surface area contributed by atoms with Gasteiger partial charge in [-0.15, -0.1) is 0 Å². The maximum Gasteiger partial charge on any atom is 0.432 e. The number of esters is 2. The van der Waals surface area contributed by atoms with Gasteiger partial charge < -0.3 is 19.7 Å². The number of hydrogen-bond acceptors (Lipinski definition) is 7. The molecule has 1 unspecified atom stereocenters. The molecule has 1 aliphatic rings. The minimum Gasteiger partial charge on any atom is -0.466 e. The molecule has 5 atom stereocenters. The van der Waals surface area contributed by atoms with Crippen molar-refractivity contribution < 1.29 is 55.6 Å². The monoisotopic (exact) mass is 541 g/mol. The molecule has 2 rings (SSSR count). The molecule has 0 aromatic heterocycles. The summed E-state index contributed by atoms with van der Waals surface area (Å²) in [7, 11) is 0. The first kappa shape index (κ1) is 28.4. The van der Waals surface area contributed by atoms with Gasteiger partial charge in [0.05, 0.1) is 13.2 Å². The number of alkyl halides is 6. The normalized spacial score (nSPS) is 30.1. The lowest BCUT2D eigenvalue weighted by Gasteiger charge is -2.54. The molecule has 1 saturated heterocycles. The van der Waals surface area contributed by atoms with Crippen LogP contribution < -0.4 is 5.32 Å². The summed E-state index contributed by atoms with van der Waals surface area (Å²) in [6.07, 6.45) is -12.0. The number of benzene rings is 1. The number of ether oxygens (including phenoxy) is 2. The highest BCUT2D eigenvalue weighted by Gasteiger charge is 2.78. The molecule has 7 nitrogen and oxygen atoms in total. The van der Waals surface area contributed by atoms with Crippen molar-refractivity contribution in [3.63, 3.8) is 0 Å². The Labute approximate surface area is 198 Å². The van der Waals surface area contributed by atoms with Gasteiger partial charge >= 0.3 is 24.3 Å². The van der Waals surface area contributed by atoms with E-state index in [9.17, 15) is 46.1 Å². The number of rotatable bonds is 5. The minimum atomic E-state index is -6.00. The first-order valence-corrected chi connectivity index (χ1v) is 10.4. The molecule has 1 fully saturated rings. The van der Waals surface area contributed by atoms with Gasteiger partial charge in [0.15, 0.2) is 0 Å². The van der Waals surface area contributed by atoms with Crippen LogP contribution in [0.1, 0.15) is 25.3 Å². The van der Waals surface area contributed by atoms with Crippen LogP contribution in [0, 0.1) is 11.8 Å². The highest BCUT2D eigenvalue weighted by atomic mass is 35.5. The number of halogens is 8. The maximum atomic E-state index is 14.1. The van der Waals surface area contributed by atoms with E-state index in [2.05, 4.69) is 9.47 Å². The van der Waals surface area contributed by atoms with Gasteiger partial charge in [0.1, 0.15) is 11.8 Å². The van der Waals surface area contributed by atoms with E-state index in [-0.39, 0.29) is 0 Å². The Morgan fingerprint density at radius 3 is 1.56 bits per heavy atom. The Morgan fingerprint density at radius 1 is 0.912 bits per heavy atom. The fraction of sp³-hybridized carbons (Fsp3) is 0.579. The van der Waals surface area contributed by atoms with Crippen molar-refractivity contribution in [2.45, 2.75) is 43.6 Å². The summed E-state index contributed by atoms with van der Waals surface area (Å²) >= 11 is 12.1. The van der Waals surface area contributed by atoms with Gasteiger partial charge in [0.25, 0.3) is 0 Å². The Balaban J connectivity index is 3.06. The molecule has 0 aliphatic carbocycles. The van der Waals surface area contributed by atoms with E-state index in [1.54, 1.807) is 0 Å². The third-order valence-corrected chi connectivity index (χ3v) is 5.94. The summed E-state index contributed by atoms with van der Waals surface area (Å²) in [5.41, 5.74) is -10.2. The Morgan fingerprint density at radius 2 is 1.26 bits per heavy atom. The number of carbonyl (C=O) groups excluding carboxylic acids is 2. The zero-order chi connectivity index (χ0) is 26.3. The fourth-order valence-corrected chi connectivity index (χ4v) is 4.56. The van der Waals surface area contributed by atoms with Gasteiger partial charge in [-0.25, -0.2) is 5.32 Å². The van der Waals surface area contributed by atoms with Crippen molar-refractivity contribution in [2.24, 2.45) is 11.8 Å². The van der Waals surface area contributed by atoms with Gasteiger partial charge in [-0.2, -0.15) is 26.3 Å². The molecular weight excluding hydrogens is 523 g/mol. The molecule has 1 heterocycles. The summed E-state index contributed by atoms with van der Waals surface area (Å²) in [4.78, 5) is 25.5. The standard InChI is InChI=1S/C19H19Cl2F6NO6/c1-3-33-14(29)12-11(10-8(20)6-5-7-9(10)21)13(15(30)34-4-2)17(32,19(25,26)27)28-16(12,31)18(22,23)24/h5-7,11-13,28,31-32H,3-4H2,1-2H3/t11?,12-,13+,16+,17-. The molecule has 1 aromatic rings. The van der Waals surface area contributed by atoms with Gasteiger partial charge in [0.2, 0.25) is 11.4 Å². The number of carbonyl (C=O) groups is 2. The molecule has 3 N–H and O–H groups in total. The predicted molar refractivity (Wildman–Crippen MR) is 105 cm³/mol. The highest BCUT2D eigenvalue weighted by molar-refractivity contribution is 6.36. The molecule has 192 valence electrons. The van der Waals surface area contributed by atoms with Crippen LogP contribution in [0.25, 0.3) is 0 Å². The minimum absolute atomic E-state index is 0.542. The summed E-state index contributed by atoms with van der Waals surface area (Å²) in [6.45, 7) is 1.29. The van der Waals surface area contributed by atoms with Crippen molar-refractivity contribution in [2.75, 3.05) is 13.2 Å². The summed E-state index contributed by atoms with van der Waals surface area (Å²) in [5, 5.41) is 20.7. The van der Waals surface area contributed by atoms with E-state index in [1.165, 1.54) is 19.9 Å². The predicted octanol–water partition coefficient (Wildman–Crippen LogP) is 3.54. The molecule has 15 heteroatoms. The molecule has 0 radical (unpaired) electrons. The lowest BCUT2D eigenvalue weighted by atomic mass is 9.64. The molecule has 0 spiro atoms. The Hall–Kier alpha value is -1.80. The van der Waals surface area contributed by atoms with Gasteiger partial charge in [-0.05, 0) is 31.5 Å². The molecule has 0 amide bonds. The Kier molecular flexibility index (Phi) is 8.10. The first-order chi connectivity index (χ1) is 15.5.